The number of carbonyl (C=O) groups is 2. The van der Waals surface area contributed by atoms with Crippen molar-refractivity contribution in [3.63, 3.8) is 0 Å². The van der Waals surface area contributed by atoms with Crippen LogP contribution in [0.1, 0.15) is 5.56 Å². The summed E-state index contributed by atoms with van der Waals surface area (Å²) < 4.78 is 5.02. The number of hydrogen-bond donors (Lipinski definition) is 0. The van der Waals surface area contributed by atoms with Crippen molar-refractivity contribution in [1.29, 1.82) is 0 Å². The molecule has 0 radical (unpaired) electrons. The first-order chi connectivity index (χ1) is 8.98. The fourth-order valence-corrected chi connectivity index (χ4v) is 2.16. The van der Waals surface area contributed by atoms with Crippen molar-refractivity contribution in [3.8, 4) is 5.75 Å². The van der Waals surface area contributed by atoms with E-state index in [9.17, 15) is 19.8 Å². The number of aliphatic carboxylic acids is 2. The van der Waals surface area contributed by atoms with E-state index >= 15 is 0 Å². The van der Waals surface area contributed by atoms with Gasteiger partial charge in [-0.25, -0.2) is 0 Å². The van der Waals surface area contributed by atoms with E-state index in [1.54, 1.807) is 24.1 Å². The molecule has 1 heterocycles. The zero-order valence-electron chi connectivity index (χ0n) is 12.4. The molecule has 0 bridgehead atoms. The van der Waals surface area contributed by atoms with Gasteiger partial charge in [-0.1, -0.05) is 12.1 Å². The van der Waals surface area contributed by atoms with Gasteiger partial charge in [-0.15, -0.1) is 0 Å². The van der Waals surface area contributed by atoms with Crippen LogP contribution >= 0.6 is 0 Å². The van der Waals surface area contributed by atoms with Gasteiger partial charge in [0.1, 0.15) is 5.75 Å². The summed E-state index contributed by atoms with van der Waals surface area (Å²) in [6.07, 6.45) is 0. The van der Waals surface area contributed by atoms with Gasteiger partial charge in [-0.2, -0.15) is 0 Å². The van der Waals surface area contributed by atoms with E-state index in [2.05, 4.69) is 0 Å². The molecule has 8 heteroatoms. The van der Waals surface area contributed by atoms with Crippen LogP contribution in [0.2, 0.25) is 0 Å². The first-order valence-electron chi connectivity index (χ1n) is 5.76. The van der Waals surface area contributed by atoms with Gasteiger partial charge in [0.25, 0.3) is 0 Å². The Morgan fingerprint density at radius 1 is 1.14 bits per heavy atom. The van der Waals surface area contributed by atoms with Gasteiger partial charge < -0.3 is 24.5 Å². The number of carboxylic acid groups (broad SMARTS) is 2. The second-order valence-corrected chi connectivity index (χ2v) is 4.65. The Labute approximate surface area is 167 Å². The van der Waals surface area contributed by atoms with Crippen LogP contribution in [0.5, 0.6) is 5.75 Å². The largest absolute Gasteiger partial charge is 1.00 e. The summed E-state index contributed by atoms with van der Waals surface area (Å²) in [4.78, 5) is 23.4. The summed E-state index contributed by atoms with van der Waals surface area (Å²) >= 11 is 0. The molecular formula is C13H13NNa2O5. The molecule has 0 aliphatic carbocycles. The van der Waals surface area contributed by atoms with Crippen LogP contribution in [0.3, 0.4) is 0 Å². The predicted octanol–water partition coefficient (Wildman–Crippen LogP) is -8.00. The van der Waals surface area contributed by atoms with Crippen molar-refractivity contribution >= 4 is 11.9 Å². The van der Waals surface area contributed by atoms with Crippen LogP contribution in [0, 0.1) is 5.41 Å². The van der Waals surface area contributed by atoms with Gasteiger partial charge in [0.2, 0.25) is 0 Å². The molecule has 0 spiro atoms. The van der Waals surface area contributed by atoms with Crippen LogP contribution in [0.25, 0.3) is 0 Å². The Morgan fingerprint density at radius 2 is 1.62 bits per heavy atom. The van der Waals surface area contributed by atoms with Crippen molar-refractivity contribution in [2.45, 2.75) is 6.54 Å². The molecule has 1 aromatic carbocycles. The number of hydrogen-bond acceptors (Lipinski definition) is 6. The summed E-state index contributed by atoms with van der Waals surface area (Å²) in [5.74, 6) is -2.44. The summed E-state index contributed by atoms with van der Waals surface area (Å²) in [7, 11) is 1.57. The monoisotopic (exact) mass is 309 g/mol. The minimum atomic E-state index is -1.87. The smallest absolute Gasteiger partial charge is 0.549 e. The molecule has 1 saturated heterocycles. The summed E-state index contributed by atoms with van der Waals surface area (Å²) in [6, 6.07) is 7.27. The molecule has 1 fully saturated rings. The van der Waals surface area contributed by atoms with Crippen molar-refractivity contribution in [1.82, 2.24) is 4.90 Å². The minimum Gasteiger partial charge on any atom is -0.549 e. The van der Waals surface area contributed by atoms with Crippen LogP contribution in [0.4, 0.5) is 0 Å². The van der Waals surface area contributed by atoms with E-state index in [1.165, 1.54) is 0 Å². The molecule has 0 saturated carbocycles. The molecule has 0 N–H and O–H groups in total. The number of ether oxygens (including phenoxy) is 1. The van der Waals surface area contributed by atoms with E-state index < -0.39 is 17.4 Å². The maximum absolute atomic E-state index is 10.9. The molecule has 21 heavy (non-hydrogen) atoms. The normalized spacial score (nSPS) is 15.9. The fourth-order valence-electron chi connectivity index (χ4n) is 2.16. The third kappa shape index (κ3) is 4.45. The second kappa shape index (κ2) is 8.53. The summed E-state index contributed by atoms with van der Waals surface area (Å²) in [5.41, 5.74) is -0.918. The first kappa shape index (κ1) is 20.9. The average Bonchev–Trinajstić information content (AvgIpc) is 2.33. The molecule has 2 rings (SSSR count). The number of benzene rings is 1. The van der Waals surface area contributed by atoms with E-state index in [0.717, 1.165) is 11.3 Å². The van der Waals surface area contributed by atoms with Crippen LogP contribution < -0.4 is 74.1 Å². The second-order valence-electron chi connectivity index (χ2n) is 4.65. The molecule has 0 aromatic heterocycles. The van der Waals surface area contributed by atoms with Gasteiger partial charge in [0.15, 0.2) is 0 Å². The Bertz CT molecular complexity index is 484. The van der Waals surface area contributed by atoms with E-state index in [0.29, 0.717) is 6.54 Å². The Kier molecular flexibility index (Phi) is 8.49. The Hall–Kier alpha value is -0.0800. The molecule has 0 amide bonds. The van der Waals surface area contributed by atoms with Crippen LogP contribution in [-0.2, 0) is 16.1 Å². The average molecular weight is 309 g/mol. The SMILES string of the molecule is COc1ccc(CN2CC(C(=O)[O-])(C(=O)[O-])C2)cc1.[Na+].[Na+]. The van der Waals surface area contributed by atoms with Crippen molar-refractivity contribution in [2.24, 2.45) is 5.41 Å². The topological polar surface area (TPSA) is 92.7 Å². The van der Waals surface area contributed by atoms with Gasteiger partial charge in [-0.3, -0.25) is 4.90 Å². The number of methoxy groups -OCH3 is 1. The molecular weight excluding hydrogens is 296 g/mol. The number of carboxylic acids is 2. The van der Waals surface area contributed by atoms with Gasteiger partial charge in [0.05, 0.1) is 24.5 Å². The molecule has 1 aromatic rings. The molecule has 6 nitrogen and oxygen atoms in total. The van der Waals surface area contributed by atoms with E-state index in [1.807, 2.05) is 12.1 Å². The van der Waals surface area contributed by atoms with Crippen LogP contribution in [0.15, 0.2) is 24.3 Å². The number of carbonyl (C=O) groups excluding carboxylic acids is 2. The number of nitrogens with zero attached hydrogens (tertiary/aromatic N) is 1. The zero-order valence-corrected chi connectivity index (χ0v) is 16.4. The third-order valence-corrected chi connectivity index (χ3v) is 3.33. The zero-order chi connectivity index (χ0) is 14.0. The third-order valence-electron chi connectivity index (χ3n) is 3.33. The number of likely N-dealkylation sites (tertiary alicyclic amines) is 1. The minimum absolute atomic E-state index is 0. The molecule has 1 aliphatic heterocycles. The quantitative estimate of drug-likeness (QED) is 0.396. The van der Waals surface area contributed by atoms with E-state index in [-0.39, 0.29) is 72.2 Å². The molecule has 0 atom stereocenters. The van der Waals surface area contributed by atoms with Crippen molar-refractivity contribution in [2.75, 3.05) is 20.2 Å². The van der Waals surface area contributed by atoms with Gasteiger partial charge >= 0.3 is 59.1 Å². The van der Waals surface area contributed by atoms with E-state index in [4.69, 9.17) is 4.74 Å². The predicted molar refractivity (Wildman–Crippen MR) is 60.7 cm³/mol. The van der Waals surface area contributed by atoms with Gasteiger partial charge in [-0.05, 0) is 17.7 Å². The first-order valence-corrected chi connectivity index (χ1v) is 5.76. The van der Waals surface area contributed by atoms with Crippen LogP contribution in [-0.4, -0.2) is 37.0 Å². The Morgan fingerprint density at radius 3 is 2.00 bits per heavy atom. The van der Waals surface area contributed by atoms with Gasteiger partial charge in [0, 0.05) is 19.6 Å². The summed E-state index contributed by atoms with van der Waals surface area (Å²) in [6.45, 7) is 0.291. The molecule has 102 valence electrons. The fraction of sp³-hybridized carbons (Fsp3) is 0.385. The summed E-state index contributed by atoms with van der Waals surface area (Å²) in [5, 5.41) is 21.7. The number of rotatable bonds is 5. The molecule has 1 aliphatic rings. The maximum atomic E-state index is 10.9. The Balaban J connectivity index is 0.00000200. The maximum Gasteiger partial charge on any atom is 1.00 e. The molecule has 0 unspecified atom stereocenters. The van der Waals surface area contributed by atoms with Crippen molar-refractivity contribution < 1.29 is 83.7 Å². The standard InChI is InChI=1S/C13H15NO5.2Na/c1-19-10-4-2-9(3-5-10)6-14-7-13(8-14,11(15)16)12(17)18;;/h2-5H,6-8H2,1H3,(H,15,16)(H,17,18);;/q;2*+1/p-2. The van der Waals surface area contributed by atoms with Crippen molar-refractivity contribution in [3.05, 3.63) is 29.8 Å².